The third-order valence-electron chi connectivity index (χ3n) is 1.83. The lowest BCUT2D eigenvalue weighted by molar-refractivity contribution is 0.433. The first kappa shape index (κ1) is 9.98. The molecule has 1 aromatic rings. The topological polar surface area (TPSA) is 24.9 Å². The second-order valence-electron chi connectivity index (χ2n) is 2.63. The van der Waals surface area contributed by atoms with Gasteiger partial charge in [0, 0.05) is 11.6 Å². The van der Waals surface area contributed by atoms with Crippen molar-refractivity contribution in [1.82, 2.24) is 10.3 Å². The smallest absolute Gasteiger partial charge is 0.249 e. The van der Waals surface area contributed by atoms with Crippen LogP contribution < -0.4 is 5.32 Å². The molecule has 1 aromatic heterocycles. The van der Waals surface area contributed by atoms with Crippen LogP contribution in [0.1, 0.15) is 18.5 Å². The minimum atomic E-state index is -1.28. The first-order valence-electron chi connectivity index (χ1n) is 3.74. The molecule has 72 valence electrons. The highest BCUT2D eigenvalue weighted by Gasteiger charge is 2.19. The van der Waals surface area contributed by atoms with Gasteiger partial charge >= 0.3 is 0 Å². The Morgan fingerprint density at radius 2 is 2.00 bits per heavy atom. The molecule has 2 nitrogen and oxygen atoms in total. The van der Waals surface area contributed by atoms with Gasteiger partial charge in [-0.1, -0.05) is 0 Å². The van der Waals surface area contributed by atoms with Crippen LogP contribution in [-0.2, 0) is 0 Å². The number of aromatic nitrogens is 1. The van der Waals surface area contributed by atoms with E-state index in [0.717, 1.165) is 0 Å². The first-order chi connectivity index (χ1) is 6.07. The lowest BCUT2D eigenvalue weighted by Crippen LogP contribution is -2.17. The third kappa shape index (κ3) is 1.80. The van der Waals surface area contributed by atoms with Crippen LogP contribution in [0.15, 0.2) is 6.20 Å². The molecular weight excluding hydrogens is 181 g/mol. The number of hydrogen-bond acceptors (Lipinski definition) is 2. The number of hydrogen-bond donors (Lipinski definition) is 1. The fourth-order valence-electron chi connectivity index (χ4n) is 0.997. The van der Waals surface area contributed by atoms with Gasteiger partial charge in [-0.15, -0.1) is 0 Å². The molecule has 0 aliphatic carbocycles. The molecule has 1 N–H and O–H groups in total. The molecular formula is C8H9F3N2. The van der Waals surface area contributed by atoms with Gasteiger partial charge in [-0.25, -0.2) is 13.8 Å². The van der Waals surface area contributed by atoms with E-state index in [1.54, 1.807) is 0 Å². The van der Waals surface area contributed by atoms with Gasteiger partial charge < -0.3 is 5.32 Å². The summed E-state index contributed by atoms with van der Waals surface area (Å²) in [5.74, 6) is -3.36. The summed E-state index contributed by atoms with van der Waals surface area (Å²) >= 11 is 0. The van der Waals surface area contributed by atoms with Gasteiger partial charge in [0.25, 0.3) is 0 Å². The van der Waals surface area contributed by atoms with Crippen LogP contribution >= 0.6 is 0 Å². The van der Waals surface area contributed by atoms with E-state index in [9.17, 15) is 13.2 Å². The molecule has 0 amide bonds. The van der Waals surface area contributed by atoms with E-state index < -0.39 is 23.6 Å². The minimum absolute atomic E-state index is 0.324. The van der Waals surface area contributed by atoms with Crippen LogP contribution in [0.4, 0.5) is 13.2 Å². The highest BCUT2D eigenvalue weighted by Crippen LogP contribution is 2.20. The van der Waals surface area contributed by atoms with E-state index in [4.69, 9.17) is 0 Å². The lowest BCUT2D eigenvalue weighted by atomic mass is 10.1. The lowest BCUT2D eigenvalue weighted by Gasteiger charge is -2.11. The first-order valence-corrected chi connectivity index (χ1v) is 3.74. The van der Waals surface area contributed by atoms with E-state index in [-0.39, 0.29) is 5.56 Å². The van der Waals surface area contributed by atoms with Crippen LogP contribution in [0.2, 0.25) is 0 Å². The van der Waals surface area contributed by atoms with Gasteiger partial charge in [0.1, 0.15) is 5.82 Å². The van der Waals surface area contributed by atoms with Crippen molar-refractivity contribution in [2.24, 2.45) is 0 Å². The minimum Gasteiger partial charge on any atom is -0.313 e. The van der Waals surface area contributed by atoms with Crippen LogP contribution in [0.25, 0.3) is 0 Å². The molecule has 0 radical (unpaired) electrons. The monoisotopic (exact) mass is 190 g/mol. The number of nitrogens with zero attached hydrogens (tertiary/aromatic N) is 1. The Balaban J connectivity index is 3.25. The van der Waals surface area contributed by atoms with E-state index in [1.165, 1.54) is 14.0 Å². The number of pyridine rings is 1. The Bertz CT molecular complexity index is 315. The Kier molecular flexibility index (Phi) is 2.87. The average Bonchev–Trinajstić information content (AvgIpc) is 2.12. The second-order valence-corrected chi connectivity index (χ2v) is 2.63. The number of halogens is 3. The third-order valence-corrected chi connectivity index (χ3v) is 1.83. The van der Waals surface area contributed by atoms with Crippen molar-refractivity contribution >= 4 is 0 Å². The molecule has 5 heteroatoms. The molecule has 0 aliphatic rings. The van der Waals surface area contributed by atoms with Gasteiger partial charge in [-0.3, -0.25) is 0 Å². The van der Waals surface area contributed by atoms with Gasteiger partial charge in [0.15, 0.2) is 5.82 Å². The Morgan fingerprint density at radius 1 is 1.38 bits per heavy atom. The maximum absolute atomic E-state index is 13.0. The highest BCUT2D eigenvalue weighted by atomic mass is 19.2. The fourth-order valence-corrected chi connectivity index (χ4v) is 0.997. The summed E-state index contributed by atoms with van der Waals surface area (Å²) in [6.45, 7) is 1.53. The highest BCUT2D eigenvalue weighted by molar-refractivity contribution is 5.19. The van der Waals surface area contributed by atoms with Gasteiger partial charge in [-0.05, 0) is 14.0 Å². The summed E-state index contributed by atoms with van der Waals surface area (Å²) in [4.78, 5) is 2.91. The quantitative estimate of drug-likeness (QED) is 0.719. The zero-order valence-electron chi connectivity index (χ0n) is 7.24. The largest absolute Gasteiger partial charge is 0.313 e. The maximum Gasteiger partial charge on any atom is 0.249 e. The molecule has 0 saturated carbocycles. The van der Waals surface area contributed by atoms with E-state index in [1.807, 2.05) is 0 Å². The second kappa shape index (κ2) is 3.74. The molecule has 0 aliphatic heterocycles. The molecule has 0 unspecified atom stereocenters. The van der Waals surface area contributed by atoms with Gasteiger partial charge in [0.2, 0.25) is 5.95 Å². The normalized spacial score (nSPS) is 13.0. The molecule has 1 heterocycles. The van der Waals surface area contributed by atoms with E-state index >= 15 is 0 Å². The summed E-state index contributed by atoms with van der Waals surface area (Å²) in [5.41, 5.74) is -0.324. The van der Waals surface area contributed by atoms with Crippen molar-refractivity contribution < 1.29 is 13.2 Å². The van der Waals surface area contributed by atoms with Gasteiger partial charge in [-0.2, -0.15) is 4.39 Å². The number of rotatable bonds is 2. The van der Waals surface area contributed by atoms with Crippen molar-refractivity contribution in [2.75, 3.05) is 7.05 Å². The van der Waals surface area contributed by atoms with Crippen LogP contribution in [0, 0.1) is 17.6 Å². The SMILES string of the molecule is CN[C@H](C)c1c(F)cnc(F)c1F. The number of nitrogens with one attached hydrogen (secondary N) is 1. The summed E-state index contributed by atoms with van der Waals surface area (Å²) in [6.07, 6.45) is 0.668. The van der Waals surface area contributed by atoms with Gasteiger partial charge in [0.05, 0.1) is 6.20 Å². The molecule has 0 fully saturated rings. The van der Waals surface area contributed by atoms with E-state index in [2.05, 4.69) is 10.3 Å². The average molecular weight is 190 g/mol. The maximum atomic E-state index is 13.0. The standard InChI is InChI=1S/C8H9F3N2/c1-4(12-2)6-5(9)3-13-8(11)7(6)10/h3-4,12H,1-2H3/t4-/m1/s1. The van der Waals surface area contributed by atoms with Crippen LogP contribution in [-0.4, -0.2) is 12.0 Å². The zero-order valence-corrected chi connectivity index (χ0v) is 7.24. The molecule has 13 heavy (non-hydrogen) atoms. The predicted octanol–water partition coefficient (Wildman–Crippen LogP) is 1.78. The summed E-state index contributed by atoms with van der Waals surface area (Å²) in [7, 11) is 1.53. The van der Waals surface area contributed by atoms with Crippen molar-refractivity contribution in [3.05, 3.63) is 29.3 Å². The van der Waals surface area contributed by atoms with Crippen molar-refractivity contribution in [3.8, 4) is 0 Å². The fraction of sp³-hybridized carbons (Fsp3) is 0.375. The summed E-state index contributed by atoms with van der Waals surface area (Å²) in [6, 6.07) is -0.586. The van der Waals surface area contributed by atoms with Crippen LogP contribution in [0.3, 0.4) is 0 Å². The molecule has 0 bridgehead atoms. The predicted molar refractivity (Wildman–Crippen MR) is 41.6 cm³/mol. The summed E-state index contributed by atoms with van der Waals surface area (Å²) < 4.78 is 38.5. The molecule has 1 rings (SSSR count). The Hall–Kier alpha value is -1.10. The molecule has 0 saturated heterocycles. The van der Waals surface area contributed by atoms with Crippen LogP contribution in [0.5, 0.6) is 0 Å². The summed E-state index contributed by atoms with van der Waals surface area (Å²) in [5, 5.41) is 2.62. The van der Waals surface area contributed by atoms with Crippen molar-refractivity contribution in [1.29, 1.82) is 0 Å². The van der Waals surface area contributed by atoms with Crippen molar-refractivity contribution in [3.63, 3.8) is 0 Å². The zero-order chi connectivity index (χ0) is 10.0. The molecule has 0 aromatic carbocycles. The van der Waals surface area contributed by atoms with E-state index in [0.29, 0.717) is 6.20 Å². The Morgan fingerprint density at radius 3 is 2.54 bits per heavy atom. The molecule has 1 atom stereocenters. The van der Waals surface area contributed by atoms with Crippen molar-refractivity contribution in [2.45, 2.75) is 13.0 Å². The molecule has 0 spiro atoms. The Labute approximate surface area is 73.8 Å².